The molecule has 1 aromatic rings. The number of aromatic nitrogens is 2. The first-order valence-corrected chi connectivity index (χ1v) is 6.92. The molecule has 0 aliphatic rings. The largest absolute Gasteiger partial charge is 0.481 e. The molecule has 0 bridgehead atoms. The molecule has 1 rings (SSSR count). The molecule has 0 spiro atoms. The summed E-state index contributed by atoms with van der Waals surface area (Å²) in [6.45, 7) is 3.79. The van der Waals surface area contributed by atoms with Gasteiger partial charge < -0.3 is 10.4 Å². The number of carboxylic acids is 1. The molecular formula is C14H23N3O3. The number of nitrogens with zero attached hydrogens (tertiary/aromatic N) is 2. The second-order valence-electron chi connectivity index (χ2n) is 5.05. The zero-order valence-corrected chi connectivity index (χ0v) is 12.3. The first-order valence-electron chi connectivity index (χ1n) is 6.92. The van der Waals surface area contributed by atoms with Gasteiger partial charge in [-0.05, 0) is 25.3 Å². The number of hydrogen-bond acceptors (Lipinski definition) is 3. The molecule has 0 unspecified atom stereocenters. The Morgan fingerprint density at radius 1 is 1.40 bits per heavy atom. The van der Waals surface area contributed by atoms with Gasteiger partial charge in [0.15, 0.2) is 0 Å². The molecule has 1 heterocycles. The van der Waals surface area contributed by atoms with E-state index in [2.05, 4.69) is 10.4 Å². The summed E-state index contributed by atoms with van der Waals surface area (Å²) in [5, 5.41) is 15.9. The number of amides is 1. The molecule has 0 aliphatic heterocycles. The van der Waals surface area contributed by atoms with Crippen LogP contribution in [-0.4, -0.2) is 32.3 Å². The summed E-state index contributed by atoms with van der Waals surface area (Å²) in [4.78, 5) is 23.0. The summed E-state index contributed by atoms with van der Waals surface area (Å²) < 4.78 is 1.73. The second-order valence-corrected chi connectivity index (χ2v) is 5.05. The van der Waals surface area contributed by atoms with E-state index in [1.807, 2.05) is 27.0 Å². The quantitative estimate of drug-likeness (QED) is 0.756. The summed E-state index contributed by atoms with van der Waals surface area (Å²) in [5.74, 6) is -1.00. The van der Waals surface area contributed by atoms with Crippen molar-refractivity contribution < 1.29 is 14.7 Å². The maximum absolute atomic E-state index is 12.0. The van der Waals surface area contributed by atoms with Crippen molar-refractivity contribution in [1.29, 1.82) is 0 Å². The van der Waals surface area contributed by atoms with E-state index in [4.69, 9.17) is 5.11 Å². The average Bonchev–Trinajstić information content (AvgIpc) is 2.80. The molecule has 6 nitrogen and oxygen atoms in total. The van der Waals surface area contributed by atoms with Crippen molar-refractivity contribution in [1.82, 2.24) is 15.1 Å². The van der Waals surface area contributed by atoms with Crippen LogP contribution < -0.4 is 5.32 Å². The summed E-state index contributed by atoms with van der Waals surface area (Å²) in [5.41, 5.74) is 0.340. The fourth-order valence-electron chi connectivity index (χ4n) is 2.26. The highest BCUT2D eigenvalue weighted by atomic mass is 16.4. The predicted octanol–water partition coefficient (Wildman–Crippen LogP) is 1.50. The zero-order valence-electron chi connectivity index (χ0n) is 12.3. The van der Waals surface area contributed by atoms with Gasteiger partial charge in [0.1, 0.15) is 0 Å². The Morgan fingerprint density at radius 2 is 2.05 bits per heavy atom. The Hall–Kier alpha value is -1.85. The molecule has 0 fully saturated rings. The van der Waals surface area contributed by atoms with Crippen LogP contribution in [0.4, 0.5) is 0 Å². The maximum Gasteiger partial charge on any atom is 0.305 e. The third-order valence-electron chi connectivity index (χ3n) is 3.78. The van der Waals surface area contributed by atoms with Gasteiger partial charge in [-0.25, -0.2) is 0 Å². The molecule has 0 atom stereocenters. The highest BCUT2D eigenvalue weighted by molar-refractivity contribution is 5.78. The van der Waals surface area contributed by atoms with E-state index in [9.17, 15) is 9.59 Å². The summed E-state index contributed by atoms with van der Waals surface area (Å²) >= 11 is 0. The van der Waals surface area contributed by atoms with E-state index >= 15 is 0 Å². The Kier molecular flexibility index (Phi) is 5.73. The van der Waals surface area contributed by atoms with E-state index < -0.39 is 11.5 Å². The van der Waals surface area contributed by atoms with Gasteiger partial charge >= 0.3 is 5.97 Å². The number of nitrogens with one attached hydrogen (secondary N) is 1. The number of rotatable bonds is 8. The van der Waals surface area contributed by atoms with Crippen LogP contribution in [0.25, 0.3) is 0 Å². The van der Waals surface area contributed by atoms with Crippen molar-refractivity contribution in [3.05, 3.63) is 18.0 Å². The molecule has 1 amide bonds. The highest BCUT2D eigenvalue weighted by Gasteiger charge is 2.30. The van der Waals surface area contributed by atoms with Crippen molar-refractivity contribution in [2.45, 2.75) is 51.5 Å². The second kappa shape index (κ2) is 7.07. The molecule has 0 saturated heterocycles. The maximum atomic E-state index is 12.0. The Balaban J connectivity index is 2.58. The first-order chi connectivity index (χ1) is 9.42. The third-order valence-corrected chi connectivity index (χ3v) is 3.78. The summed E-state index contributed by atoms with van der Waals surface area (Å²) in [6.07, 6.45) is 3.79. The van der Waals surface area contributed by atoms with Crippen LogP contribution in [0, 0.1) is 0 Å². The molecule has 0 radical (unpaired) electrons. The molecule has 2 N–H and O–H groups in total. The number of hydrogen-bond donors (Lipinski definition) is 2. The molecule has 112 valence electrons. The van der Waals surface area contributed by atoms with Gasteiger partial charge in [-0.2, -0.15) is 5.10 Å². The van der Waals surface area contributed by atoms with Crippen molar-refractivity contribution in [2.24, 2.45) is 7.05 Å². The predicted molar refractivity (Wildman–Crippen MR) is 75.2 cm³/mol. The number of aryl methyl sites for hydroxylation is 2. The van der Waals surface area contributed by atoms with Crippen LogP contribution in [0.3, 0.4) is 0 Å². The van der Waals surface area contributed by atoms with Crippen LogP contribution in [0.15, 0.2) is 12.3 Å². The van der Waals surface area contributed by atoms with Crippen LogP contribution in [0.5, 0.6) is 0 Å². The number of carbonyl (C=O) groups excluding carboxylic acids is 1. The minimum Gasteiger partial charge on any atom is -0.481 e. The van der Waals surface area contributed by atoms with Crippen LogP contribution in [0.2, 0.25) is 0 Å². The topological polar surface area (TPSA) is 84.2 Å². The standard InChI is InChI=1S/C14H23N3O3/c1-4-14(5-2,10-13(19)20)16-12(18)7-6-11-8-9-15-17(11)3/h8-9H,4-7,10H2,1-3H3,(H,16,18)(H,19,20). The van der Waals surface area contributed by atoms with Gasteiger partial charge in [0, 0.05) is 30.9 Å². The van der Waals surface area contributed by atoms with E-state index in [1.165, 1.54) is 0 Å². The monoisotopic (exact) mass is 281 g/mol. The molecule has 0 aliphatic carbocycles. The van der Waals surface area contributed by atoms with Crippen LogP contribution in [-0.2, 0) is 23.1 Å². The van der Waals surface area contributed by atoms with Gasteiger partial charge in [0.2, 0.25) is 5.91 Å². The minimum atomic E-state index is -0.888. The van der Waals surface area contributed by atoms with Crippen LogP contribution in [0.1, 0.15) is 45.2 Å². The smallest absolute Gasteiger partial charge is 0.305 e. The lowest BCUT2D eigenvalue weighted by Gasteiger charge is -2.31. The molecule has 0 aromatic carbocycles. The van der Waals surface area contributed by atoms with Crippen molar-refractivity contribution in [3.8, 4) is 0 Å². The fraction of sp³-hybridized carbons (Fsp3) is 0.643. The van der Waals surface area contributed by atoms with E-state index in [1.54, 1.807) is 10.9 Å². The lowest BCUT2D eigenvalue weighted by molar-refractivity contribution is -0.139. The molecule has 0 saturated carbocycles. The zero-order chi connectivity index (χ0) is 15.2. The van der Waals surface area contributed by atoms with Crippen molar-refractivity contribution in [2.75, 3.05) is 0 Å². The minimum absolute atomic E-state index is 0.0442. The molecule has 6 heteroatoms. The molecule has 1 aromatic heterocycles. The van der Waals surface area contributed by atoms with E-state index in [-0.39, 0.29) is 12.3 Å². The lowest BCUT2D eigenvalue weighted by Crippen LogP contribution is -2.49. The first kappa shape index (κ1) is 16.2. The van der Waals surface area contributed by atoms with Crippen molar-refractivity contribution in [3.63, 3.8) is 0 Å². The number of carbonyl (C=O) groups is 2. The summed E-state index contributed by atoms with van der Waals surface area (Å²) in [7, 11) is 1.83. The van der Waals surface area contributed by atoms with Crippen molar-refractivity contribution >= 4 is 11.9 Å². The van der Waals surface area contributed by atoms with Gasteiger partial charge in [0.25, 0.3) is 0 Å². The van der Waals surface area contributed by atoms with E-state index in [0.717, 1.165) is 5.69 Å². The fourth-order valence-corrected chi connectivity index (χ4v) is 2.26. The third kappa shape index (κ3) is 4.36. The van der Waals surface area contributed by atoms with Gasteiger partial charge in [-0.1, -0.05) is 13.8 Å². The number of carboxylic acid groups (broad SMARTS) is 1. The Bertz CT molecular complexity index is 464. The lowest BCUT2D eigenvalue weighted by atomic mass is 9.88. The Labute approximate surface area is 119 Å². The molecule has 20 heavy (non-hydrogen) atoms. The average molecular weight is 281 g/mol. The highest BCUT2D eigenvalue weighted by Crippen LogP contribution is 2.20. The molecular weight excluding hydrogens is 258 g/mol. The SMILES string of the molecule is CCC(CC)(CC(=O)O)NC(=O)CCc1ccnn1C. The Morgan fingerprint density at radius 3 is 2.50 bits per heavy atom. The number of aliphatic carboxylic acids is 1. The van der Waals surface area contributed by atoms with Gasteiger partial charge in [0.05, 0.1) is 6.42 Å². The van der Waals surface area contributed by atoms with Gasteiger partial charge in [-0.15, -0.1) is 0 Å². The summed E-state index contributed by atoms with van der Waals surface area (Å²) in [6, 6.07) is 1.87. The van der Waals surface area contributed by atoms with Crippen LogP contribution >= 0.6 is 0 Å². The normalized spacial score (nSPS) is 11.3. The van der Waals surface area contributed by atoms with Gasteiger partial charge in [-0.3, -0.25) is 14.3 Å². The van der Waals surface area contributed by atoms with E-state index in [0.29, 0.717) is 25.7 Å².